The second-order valence-electron chi connectivity index (χ2n) is 4.11. The van der Waals surface area contributed by atoms with E-state index in [2.05, 4.69) is 4.98 Å². The number of nitrogens with zero attached hydrogens (tertiary/aromatic N) is 2. The molecule has 0 bridgehead atoms. The normalized spacial score (nSPS) is 11.4. The SMILES string of the molecule is CCCn1c(=O)c(Cl)nc2sc3ccccc3c21. The van der Waals surface area contributed by atoms with Crippen molar-refractivity contribution < 1.29 is 0 Å². The Morgan fingerprint density at radius 3 is 2.94 bits per heavy atom. The van der Waals surface area contributed by atoms with Crippen LogP contribution in [0, 0.1) is 0 Å². The van der Waals surface area contributed by atoms with E-state index in [0.717, 1.165) is 26.9 Å². The van der Waals surface area contributed by atoms with Crippen molar-refractivity contribution in [1.29, 1.82) is 0 Å². The van der Waals surface area contributed by atoms with E-state index in [1.807, 2.05) is 31.2 Å². The lowest BCUT2D eigenvalue weighted by atomic mass is 10.2. The van der Waals surface area contributed by atoms with E-state index in [9.17, 15) is 4.79 Å². The van der Waals surface area contributed by atoms with Gasteiger partial charge in [-0.25, -0.2) is 4.98 Å². The van der Waals surface area contributed by atoms with Crippen molar-refractivity contribution in [3.05, 3.63) is 39.8 Å². The van der Waals surface area contributed by atoms with Crippen molar-refractivity contribution >= 4 is 43.4 Å². The van der Waals surface area contributed by atoms with Gasteiger partial charge in [0.1, 0.15) is 4.83 Å². The predicted octanol–water partition coefficient (Wildman–Crippen LogP) is 3.67. The predicted molar refractivity (Wildman–Crippen MR) is 76.7 cm³/mol. The molecule has 3 nitrogen and oxygen atoms in total. The van der Waals surface area contributed by atoms with Crippen molar-refractivity contribution in [1.82, 2.24) is 9.55 Å². The molecule has 0 fully saturated rings. The standard InChI is InChI=1S/C13H11ClN2OS/c1-2-7-16-10-8-5-3-4-6-9(8)18-12(10)15-11(14)13(16)17/h3-6H,2,7H2,1H3. The van der Waals surface area contributed by atoms with Crippen LogP contribution in [0.4, 0.5) is 0 Å². The number of fused-ring (bicyclic) bond motifs is 3. The van der Waals surface area contributed by atoms with Gasteiger partial charge in [-0.3, -0.25) is 4.79 Å². The van der Waals surface area contributed by atoms with Crippen LogP contribution < -0.4 is 5.56 Å². The van der Waals surface area contributed by atoms with Crippen molar-refractivity contribution in [3.8, 4) is 0 Å². The number of aryl methyl sites for hydroxylation is 1. The molecule has 0 unspecified atom stereocenters. The zero-order chi connectivity index (χ0) is 12.7. The lowest BCUT2D eigenvalue weighted by Gasteiger charge is -2.06. The first-order valence-corrected chi connectivity index (χ1v) is 6.99. The molecule has 3 aromatic rings. The van der Waals surface area contributed by atoms with Crippen LogP contribution in [0.1, 0.15) is 13.3 Å². The molecule has 0 N–H and O–H groups in total. The summed E-state index contributed by atoms with van der Waals surface area (Å²) in [7, 11) is 0. The molecular weight excluding hydrogens is 268 g/mol. The molecule has 0 atom stereocenters. The van der Waals surface area contributed by atoms with Crippen molar-refractivity contribution in [2.45, 2.75) is 19.9 Å². The molecular formula is C13H11ClN2OS. The van der Waals surface area contributed by atoms with Crippen LogP contribution in [0.25, 0.3) is 20.4 Å². The Bertz CT molecular complexity index is 791. The van der Waals surface area contributed by atoms with Gasteiger partial charge in [-0.2, -0.15) is 0 Å². The average molecular weight is 279 g/mol. The Labute approximate surface area is 113 Å². The first-order chi connectivity index (χ1) is 8.72. The van der Waals surface area contributed by atoms with E-state index >= 15 is 0 Å². The molecule has 2 aromatic heterocycles. The van der Waals surface area contributed by atoms with Gasteiger partial charge in [-0.1, -0.05) is 36.7 Å². The summed E-state index contributed by atoms with van der Waals surface area (Å²) >= 11 is 7.49. The Balaban J connectivity index is 2.54. The smallest absolute Gasteiger partial charge is 0.288 e. The van der Waals surface area contributed by atoms with Crippen LogP contribution in [0.15, 0.2) is 29.1 Å². The Hall–Kier alpha value is -1.39. The van der Waals surface area contributed by atoms with Gasteiger partial charge in [0.05, 0.1) is 5.52 Å². The quantitative estimate of drug-likeness (QED) is 0.717. The molecule has 3 rings (SSSR count). The molecule has 0 radical (unpaired) electrons. The number of rotatable bonds is 2. The third-order valence-corrected chi connectivity index (χ3v) is 4.19. The van der Waals surface area contributed by atoms with Gasteiger partial charge in [0, 0.05) is 16.6 Å². The maximum atomic E-state index is 12.1. The van der Waals surface area contributed by atoms with Crippen LogP contribution in [0.2, 0.25) is 5.15 Å². The largest absolute Gasteiger partial charge is 0.303 e. The fourth-order valence-corrected chi connectivity index (χ4v) is 3.46. The second-order valence-corrected chi connectivity index (χ2v) is 5.50. The second kappa shape index (κ2) is 4.37. The van der Waals surface area contributed by atoms with Gasteiger partial charge in [0.15, 0.2) is 5.15 Å². The summed E-state index contributed by atoms with van der Waals surface area (Å²) in [5, 5.41) is 1.13. The van der Waals surface area contributed by atoms with Crippen molar-refractivity contribution in [3.63, 3.8) is 0 Å². The molecule has 0 aliphatic heterocycles. The minimum Gasteiger partial charge on any atom is -0.303 e. The van der Waals surface area contributed by atoms with Gasteiger partial charge in [0.2, 0.25) is 0 Å². The summed E-state index contributed by atoms with van der Waals surface area (Å²) in [5.41, 5.74) is 0.710. The molecule has 0 saturated carbocycles. The number of thiophene rings is 1. The Kier molecular flexibility index (Phi) is 2.84. The summed E-state index contributed by atoms with van der Waals surface area (Å²) in [6, 6.07) is 8.02. The lowest BCUT2D eigenvalue weighted by molar-refractivity contribution is 0.677. The Morgan fingerprint density at radius 2 is 2.17 bits per heavy atom. The number of hydrogen-bond acceptors (Lipinski definition) is 3. The average Bonchev–Trinajstić information content (AvgIpc) is 2.72. The van der Waals surface area contributed by atoms with E-state index in [4.69, 9.17) is 11.6 Å². The van der Waals surface area contributed by atoms with Gasteiger partial charge >= 0.3 is 0 Å². The van der Waals surface area contributed by atoms with Gasteiger partial charge in [0.25, 0.3) is 5.56 Å². The molecule has 0 saturated heterocycles. The highest BCUT2D eigenvalue weighted by atomic mass is 35.5. The monoisotopic (exact) mass is 278 g/mol. The Morgan fingerprint density at radius 1 is 1.39 bits per heavy atom. The van der Waals surface area contributed by atoms with Crippen LogP contribution in [-0.2, 0) is 6.54 Å². The van der Waals surface area contributed by atoms with Gasteiger partial charge in [-0.15, -0.1) is 11.3 Å². The fourth-order valence-electron chi connectivity index (χ4n) is 2.14. The highest BCUT2D eigenvalue weighted by Gasteiger charge is 2.14. The van der Waals surface area contributed by atoms with E-state index in [1.54, 1.807) is 15.9 Å². The maximum Gasteiger partial charge on any atom is 0.288 e. The third kappa shape index (κ3) is 1.64. The number of benzene rings is 1. The molecule has 2 heterocycles. The summed E-state index contributed by atoms with van der Waals surface area (Å²) in [6.45, 7) is 2.71. The first kappa shape index (κ1) is 11.7. The summed E-state index contributed by atoms with van der Waals surface area (Å²) < 4.78 is 2.87. The van der Waals surface area contributed by atoms with Crippen molar-refractivity contribution in [2.24, 2.45) is 0 Å². The minimum absolute atomic E-state index is 0.0579. The van der Waals surface area contributed by atoms with Crippen molar-refractivity contribution in [2.75, 3.05) is 0 Å². The zero-order valence-electron chi connectivity index (χ0n) is 9.81. The zero-order valence-corrected chi connectivity index (χ0v) is 11.4. The molecule has 0 aliphatic rings. The van der Waals surface area contributed by atoms with Gasteiger partial charge in [-0.05, 0) is 12.5 Å². The topological polar surface area (TPSA) is 34.9 Å². The summed E-state index contributed by atoms with van der Waals surface area (Å²) in [5.74, 6) is 0. The van der Waals surface area contributed by atoms with Gasteiger partial charge < -0.3 is 4.57 Å². The molecule has 92 valence electrons. The maximum absolute atomic E-state index is 12.1. The van der Waals surface area contributed by atoms with E-state index in [1.165, 1.54) is 0 Å². The van der Waals surface area contributed by atoms with Crippen LogP contribution in [-0.4, -0.2) is 9.55 Å². The first-order valence-electron chi connectivity index (χ1n) is 5.80. The molecule has 5 heteroatoms. The van der Waals surface area contributed by atoms with E-state index < -0.39 is 0 Å². The van der Waals surface area contributed by atoms with E-state index in [-0.39, 0.29) is 10.7 Å². The summed E-state index contributed by atoms with van der Waals surface area (Å²) in [4.78, 5) is 17.1. The molecule has 1 aromatic carbocycles. The molecule has 18 heavy (non-hydrogen) atoms. The highest BCUT2D eigenvalue weighted by Crippen LogP contribution is 2.32. The van der Waals surface area contributed by atoms with Crippen LogP contribution in [0.3, 0.4) is 0 Å². The molecule has 0 amide bonds. The fraction of sp³-hybridized carbons (Fsp3) is 0.231. The highest BCUT2D eigenvalue weighted by molar-refractivity contribution is 7.25. The lowest BCUT2D eigenvalue weighted by Crippen LogP contribution is -2.21. The van der Waals surface area contributed by atoms with Crippen LogP contribution >= 0.6 is 22.9 Å². The number of hydrogen-bond donors (Lipinski definition) is 0. The molecule has 0 spiro atoms. The summed E-state index contributed by atoms with van der Waals surface area (Å²) in [6.07, 6.45) is 0.888. The number of aromatic nitrogens is 2. The van der Waals surface area contributed by atoms with E-state index in [0.29, 0.717) is 6.54 Å². The third-order valence-electron chi connectivity index (χ3n) is 2.89. The number of halogens is 1. The van der Waals surface area contributed by atoms with Crippen LogP contribution in [0.5, 0.6) is 0 Å². The minimum atomic E-state index is -0.199. The molecule has 0 aliphatic carbocycles.